The van der Waals surface area contributed by atoms with Crippen molar-refractivity contribution in [1.82, 2.24) is 4.98 Å². The molecule has 0 bridgehead atoms. The molecule has 0 amide bonds. The molecule has 1 aromatic heterocycles. The Morgan fingerprint density at radius 3 is 2.47 bits per heavy atom. The molecule has 1 aromatic carbocycles. The third-order valence-corrected chi connectivity index (χ3v) is 2.38. The highest BCUT2D eigenvalue weighted by Gasteiger charge is 2.03. The van der Waals surface area contributed by atoms with Gasteiger partial charge in [-0.25, -0.2) is 0 Å². The zero-order chi connectivity index (χ0) is 10.7. The molecular weight excluding hydrogens is 186 g/mol. The van der Waals surface area contributed by atoms with Crippen molar-refractivity contribution in [1.29, 1.82) is 0 Å². The Balaban J connectivity index is 2.29. The summed E-state index contributed by atoms with van der Waals surface area (Å²) < 4.78 is 5.75. The zero-order valence-electron chi connectivity index (χ0n) is 8.90. The van der Waals surface area contributed by atoms with E-state index in [1.165, 1.54) is 0 Å². The van der Waals surface area contributed by atoms with E-state index in [1.807, 2.05) is 50.2 Å². The van der Waals surface area contributed by atoms with Gasteiger partial charge in [0.25, 0.3) is 0 Å². The van der Waals surface area contributed by atoms with E-state index in [4.69, 9.17) is 4.74 Å². The van der Waals surface area contributed by atoms with Crippen LogP contribution in [0, 0.1) is 13.8 Å². The molecule has 0 spiro atoms. The summed E-state index contributed by atoms with van der Waals surface area (Å²) in [5.74, 6) is 1.72. The Kier molecular flexibility index (Phi) is 2.68. The molecule has 2 heteroatoms. The fourth-order valence-electron chi connectivity index (χ4n) is 1.34. The Bertz CT molecular complexity index is 451. The van der Waals surface area contributed by atoms with Crippen LogP contribution in [0.2, 0.25) is 0 Å². The lowest BCUT2D eigenvalue weighted by Crippen LogP contribution is -1.91. The van der Waals surface area contributed by atoms with Gasteiger partial charge < -0.3 is 4.74 Å². The highest BCUT2D eigenvalue weighted by Crippen LogP contribution is 2.25. The summed E-state index contributed by atoms with van der Waals surface area (Å²) in [4.78, 5) is 4.20. The summed E-state index contributed by atoms with van der Waals surface area (Å²) in [6.45, 7) is 3.99. The van der Waals surface area contributed by atoms with Crippen LogP contribution in [-0.4, -0.2) is 4.98 Å². The number of hydrogen-bond donors (Lipinski definition) is 0. The van der Waals surface area contributed by atoms with Crippen LogP contribution in [0.4, 0.5) is 0 Å². The number of aryl methyl sites for hydroxylation is 1. The van der Waals surface area contributed by atoms with Gasteiger partial charge in [-0.15, -0.1) is 0 Å². The molecule has 0 aliphatic rings. The molecule has 76 valence electrons. The molecule has 0 saturated heterocycles. The van der Waals surface area contributed by atoms with E-state index in [1.54, 1.807) is 6.20 Å². The molecule has 2 rings (SSSR count). The maximum atomic E-state index is 5.75. The predicted octanol–water partition coefficient (Wildman–Crippen LogP) is 3.49. The molecule has 2 nitrogen and oxygen atoms in total. The lowest BCUT2D eigenvalue weighted by atomic mass is 10.2. The molecule has 0 aliphatic carbocycles. The monoisotopic (exact) mass is 199 g/mol. The van der Waals surface area contributed by atoms with Crippen molar-refractivity contribution in [3.63, 3.8) is 0 Å². The van der Waals surface area contributed by atoms with Gasteiger partial charge in [-0.1, -0.05) is 18.2 Å². The standard InChI is InChI=1S/C13H13NO/c1-10-11(2)14-9-8-13(10)15-12-6-4-3-5-7-12/h3-9H,1-2H3. The van der Waals surface area contributed by atoms with Crippen molar-refractivity contribution in [3.8, 4) is 11.5 Å². The van der Waals surface area contributed by atoms with Crippen molar-refractivity contribution < 1.29 is 4.74 Å². The Morgan fingerprint density at radius 1 is 1.00 bits per heavy atom. The van der Waals surface area contributed by atoms with Crippen LogP contribution in [0.25, 0.3) is 0 Å². The number of para-hydroxylation sites is 1. The van der Waals surface area contributed by atoms with Crippen LogP contribution in [-0.2, 0) is 0 Å². The SMILES string of the molecule is Cc1nccc(Oc2ccccc2)c1C. The largest absolute Gasteiger partial charge is 0.457 e. The Morgan fingerprint density at radius 2 is 1.73 bits per heavy atom. The number of pyridine rings is 1. The van der Waals surface area contributed by atoms with Crippen LogP contribution in [0.3, 0.4) is 0 Å². The van der Waals surface area contributed by atoms with Gasteiger partial charge in [0, 0.05) is 17.5 Å². The summed E-state index contributed by atoms with van der Waals surface area (Å²) in [5.41, 5.74) is 2.09. The molecule has 1 heterocycles. The van der Waals surface area contributed by atoms with Crippen LogP contribution in [0.1, 0.15) is 11.3 Å². The Hall–Kier alpha value is -1.83. The molecule has 0 atom stereocenters. The van der Waals surface area contributed by atoms with Crippen molar-refractivity contribution in [2.45, 2.75) is 13.8 Å². The first-order valence-electron chi connectivity index (χ1n) is 4.92. The summed E-state index contributed by atoms with van der Waals surface area (Å²) in [6.07, 6.45) is 1.76. The molecule has 2 aromatic rings. The third kappa shape index (κ3) is 2.15. The minimum absolute atomic E-state index is 0.853. The number of benzene rings is 1. The van der Waals surface area contributed by atoms with Crippen LogP contribution in [0.15, 0.2) is 42.6 Å². The van der Waals surface area contributed by atoms with Gasteiger partial charge in [-0.05, 0) is 32.0 Å². The molecule has 15 heavy (non-hydrogen) atoms. The highest BCUT2D eigenvalue weighted by molar-refractivity contribution is 5.37. The molecular formula is C13H13NO. The maximum absolute atomic E-state index is 5.75. The van der Waals surface area contributed by atoms with Crippen molar-refractivity contribution in [2.75, 3.05) is 0 Å². The second-order valence-electron chi connectivity index (χ2n) is 3.43. The summed E-state index contributed by atoms with van der Waals surface area (Å²) >= 11 is 0. The van der Waals surface area contributed by atoms with E-state index in [-0.39, 0.29) is 0 Å². The predicted molar refractivity (Wildman–Crippen MR) is 60.2 cm³/mol. The molecule has 0 unspecified atom stereocenters. The molecule has 0 N–H and O–H groups in total. The first-order chi connectivity index (χ1) is 7.27. The second kappa shape index (κ2) is 4.13. The van der Waals surface area contributed by atoms with Gasteiger partial charge in [0.1, 0.15) is 11.5 Å². The molecule has 0 aliphatic heterocycles. The average Bonchev–Trinajstić information content (AvgIpc) is 2.26. The smallest absolute Gasteiger partial charge is 0.133 e. The van der Waals surface area contributed by atoms with Crippen molar-refractivity contribution in [3.05, 3.63) is 53.9 Å². The minimum Gasteiger partial charge on any atom is -0.457 e. The summed E-state index contributed by atoms with van der Waals surface area (Å²) in [6, 6.07) is 11.6. The quantitative estimate of drug-likeness (QED) is 0.738. The second-order valence-corrected chi connectivity index (χ2v) is 3.43. The van der Waals surface area contributed by atoms with E-state index < -0.39 is 0 Å². The van der Waals surface area contributed by atoms with Gasteiger partial charge in [-0.3, -0.25) is 4.98 Å². The normalized spacial score (nSPS) is 10.0. The fraction of sp³-hybridized carbons (Fsp3) is 0.154. The molecule has 0 saturated carbocycles. The minimum atomic E-state index is 0.853. The Labute approximate surface area is 89.6 Å². The topological polar surface area (TPSA) is 22.1 Å². The fourth-order valence-corrected chi connectivity index (χ4v) is 1.34. The van der Waals surface area contributed by atoms with Crippen LogP contribution < -0.4 is 4.74 Å². The zero-order valence-corrected chi connectivity index (χ0v) is 8.90. The first-order valence-corrected chi connectivity index (χ1v) is 4.92. The maximum Gasteiger partial charge on any atom is 0.133 e. The summed E-state index contributed by atoms with van der Waals surface area (Å²) in [7, 11) is 0. The van der Waals surface area contributed by atoms with Gasteiger partial charge in [0.15, 0.2) is 0 Å². The van der Waals surface area contributed by atoms with Gasteiger partial charge in [0.2, 0.25) is 0 Å². The highest BCUT2D eigenvalue weighted by atomic mass is 16.5. The lowest BCUT2D eigenvalue weighted by Gasteiger charge is -2.09. The van der Waals surface area contributed by atoms with E-state index >= 15 is 0 Å². The van der Waals surface area contributed by atoms with E-state index in [0.29, 0.717) is 0 Å². The summed E-state index contributed by atoms with van der Waals surface area (Å²) in [5, 5.41) is 0. The van der Waals surface area contributed by atoms with Crippen LogP contribution >= 0.6 is 0 Å². The van der Waals surface area contributed by atoms with E-state index in [9.17, 15) is 0 Å². The first kappa shape index (κ1) is 9.71. The molecule has 0 fully saturated rings. The molecule has 0 radical (unpaired) electrons. The number of ether oxygens (including phenoxy) is 1. The number of rotatable bonds is 2. The van der Waals surface area contributed by atoms with Crippen molar-refractivity contribution in [2.24, 2.45) is 0 Å². The van der Waals surface area contributed by atoms with E-state index in [0.717, 1.165) is 22.8 Å². The van der Waals surface area contributed by atoms with Crippen LogP contribution in [0.5, 0.6) is 11.5 Å². The van der Waals surface area contributed by atoms with Gasteiger partial charge in [-0.2, -0.15) is 0 Å². The lowest BCUT2D eigenvalue weighted by molar-refractivity contribution is 0.477. The number of nitrogens with zero attached hydrogens (tertiary/aromatic N) is 1. The van der Waals surface area contributed by atoms with Crippen molar-refractivity contribution >= 4 is 0 Å². The number of hydrogen-bond acceptors (Lipinski definition) is 2. The van der Waals surface area contributed by atoms with E-state index in [2.05, 4.69) is 4.98 Å². The average molecular weight is 199 g/mol. The van der Waals surface area contributed by atoms with Gasteiger partial charge >= 0.3 is 0 Å². The third-order valence-electron chi connectivity index (χ3n) is 2.38. The van der Waals surface area contributed by atoms with Gasteiger partial charge in [0.05, 0.1) is 0 Å². The number of aromatic nitrogens is 1.